The first-order chi connectivity index (χ1) is 13.4. The van der Waals surface area contributed by atoms with E-state index in [9.17, 15) is 8.42 Å². The fourth-order valence-corrected chi connectivity index (χ4v) is 5.18. The Labute approximate surface area is 173 Å². The molecule has 3 aromatic rings. The molecule has 1 fully saturated rings. The highest BCUT2D eigenvalue weighted by atomic mass is 35.5. The van der Waals surface area contributed by atoms with Crippen LogP contribution in [0.1, 0.15) is 29.5 Å². The van der Waals surface area contributed by atoms with Crippen molar-refractivity contribution in [3.05, 3.63) is 51.5 Å². The van der Waals surface area contributed by atoms with Gasteiger partial charge in [-0.1, -0.05) is 28.9 Å². The van der Waals surface area contributed by atoms with Gasteiger partial charge in [-0.15, -0.1) is 11.3 Å². The molecule has 148 valence electrons. The van der Waals surface area contributed by atoms with Crippen molar-refractivity contribution in [2.75, 3.05) is 19.3 Å². The fraction of sp³-hybridized carbons (Fsp3) is 0.368. The van der Waals surface area contributed by atoms with E-state index in [0.717, 1.165) is 36.8 Å². The van der Waals surface area contributed by atoms with Crippen molar-refractivity contribution < 1.29 is 12.9 Å². The van der Waals surface area contributed by atoms with Crippen LogP contribution in [0.4, 0.5) is 0 Å². The van der Waals surface area contributed by atoms with Gasteiger partial charge in [0.05, 0.1) is 9.23 Å². The minimum absolute atomic E-state index is 0.225. The van der Waals surface area contributed by atoms with Crippen LogP contribution in [0, 0.1) is 0 Å². The standard InChI is InChI=1S/C19H20ClN3O3S2/c1-28(24,25)16-4-2-3-14(11-16)18-21-19(26-22-18)13-7-9-23(10-8-13)12-15-5-6-17(20)27-15/h2-6,11,13H,7-10,12H2,1H3. The van der Waals surface area contributed by atoms with Crippen molar-refractivity contribution in [2.45, 2.75) is 30.2 Å². The lowest BCUT2D eigenvalue weighted by molar-refractivity contribution is 0.189. The molecule has 1 aliphatic rings. The zero-order valence-electron chi connectivity index (χ0n) is 15.3. The number of likely N-dealkylation sites (tertiary alicyclic amines) is 1. The second-order valence-electron chi connectivity index (χ2n) is 7.01. The van der Waals surface area contributed by atoms with Gasteiger partial charge in [0.15, 0.2) is 9.84 Å². The number of halogens is 1. The van der Waals surface area contributed by atoms with Crippen LogP contribution >= 0.6 is 22.9 Å². The molecule has 0 bridgehead atoms. The van der Waals surface area contributed by atoms with Crippen molar-refractivity contribution in [3.8, 4) is 11.4 Å². The maximum absolute atomic E-state index is 11.8. The van der Waals surface area contributed by atoms with Gasteiger partial charge in [-0.3, -0.25) is 4.90 Å². The minimum Gasteiger partial charge on any atom is -0.339 e. The average molecular weight is 438 g/mol. The number of hydrogen-bond donors (Lipinski definition) is 0. The molecule has 9 heteroatoms. The lowest BCUT2D eigenvalue weighted by Gasteiger charge is -2.29. The molecule has 6 nitrogen and oxygen atoms in total. The lowest BCUT2D eigenvalue weighted by Crippen LogP contribution is -2.32. The summed E-state index contributed by atoms with van der Waals surface area (Å²) in [4.78, 5) is 8.46. The number of nitrogens with zero attached hydrogens (tertiary/aromatic N) is 3. The van der Waals surface area contributed by atoms with E-state index < -0.39 is 9.84 Å². The van der Waals surface area contributed by atoms with E-state index in [1.807, 2.05) is 6.07 Å². The van der Waals surface area contributed by atoms with Crippen LogP contribution in [0.3, 0.4) is 0 Å². The number of rotatable bonds is 5. The molecule has 2 aromatic heterocycles. The zero-order valence-corrected chi connectivity index (χ0v) is 17.7. The Morgan fingerprint density at radius 1 is 1.25 bits per heavy atom. The van der Waals surface area contributed by atoms with Gasteiger partial charge < -0.3 is 4.52 Å². The van der Waals surface area contributed by atoms with E-state index in [1.54, 1.807) is 35.6 Å². The van der Waals surface area contributed by atoms with Crippen molar-refractivity contribution in [1.29, 1.82) is 0 Å². The average Bonchev–Trinajstić information content (AvgIpc) is 3.31. The number of sulfone groups is 1. The Morgan fingerprint density at radius 2 is 2.04 bits per heavy atom. The van der Waals surface area contributed by atoms with Gasteiger partial charge in [0.1, 0.15) is 0 Å². The first kappa shape index (κ1) is 19.6. The van der Waals surface area contributed by atoms with Gasteiger partial charge in [0, 0.05) is 29.2 Å². The fourth-order valence-electron chi connectivity index (χ4n) is 3.38. The normalized spacial score (nSPS) is 16.5. The molecular weight excluding hydrogens is 418 g/mol. The number of thiophene rings is 1. The summed E-state index contributed by atoms with van der Waals surface area (Å²) in [5.74, 6) is 1.28. The maximum Gasteiger partial charge on any atom is 0.230 e. The highest BCUT2D eigenvalue weighted by Gasteiger charge is 2.26. The first-order valence-corrected chi connectivity index (χ1v) is 12.1. The third-order valence-electron chi connectivity index (χ3n) is 4.91. The quantitative estimate of drug-likeness (QED) is 0.594. The Bertz CT molecular complexity index is 1070. The monoisotopic (exact) mass is 437 g/mol. The first-order valence-electron chi connectivity index (χ1n) is 8.99. The molecule has 0 amide bonds. The molecule has 0 saturated carbocycles. The van der Waals surface area contributed by atoms with Gasteiger partial charge in [-0.05, 0) is 50.2 Å². The summed E-state index contributed by atoms with van der Waals surface area (Å²) < 4.78 is 29.8. The Morgan fingerprint density at radius 3 is 2.71 bits per heavy atom. The van der Waals surface area contributed by atoms with Crippen LogP contribution in [0.15, 0.2) is 45.8 Å². The number of benzene rings is 1. The van der Waals surface area contributed by atoms with Gasteiger partial charge in [-0.2, -0.15) is 4.98 Å². The van der Waals surface area contributed by atoms with Crippen LogP contribution < -0.4 is 0 Å². The van der Waals surface area contributed by atoms with Crippen LogP contribution in [0.5, 0.6) is 0 Å². The minimum atomic E-state index is -3.28. The Kier molecular flexibility index (Phi) is 5.55. The molecule has 4 rings (SSSR count). The molecule has 1 saturated heterocycles. The molecule has 0 radical (unpaired) electrons. The van der Waals surface area contributed by atoms with E-state index in [4.69, 9.17) is 16.1 Å². The molecular formula is C19H20ClN3O3S2. The third-order valence-corrected chi connectivity index (χ3v) is 7.23. The zero-order chi connectivity index (χ0) is 19.7. The summed E-state index contributed by atoms with van der Waals surface area (Å²) in [7, 11) is -3.28. The summed E-state index contributed by atoms with van der Waals surface area (Å²) in [6.45, 7) is 2.83. The second kappa shape index (κ2) is 7.94. The number of hydrogen-bond acceptors (Lipinski definition) is 7. The molecule has 3 heterocycles. The van der Waals surface area contributed by atoms with Gasteiger partial charge in [0.25, 0.3) is 0 Å². The Hall–Kier alpha value is -1.74. The SMILES string of the molecule is CS(=O)(=O)c1cccc(-c2noc(C3CCN(Cc4ccc(Cl)s4)CC3)n2)c1. The summed E-state index contributed by atoms with van der Waals surface area (Å²) in [5.41, 5.74) is 0.643. The highest BCUT2D eigenvalue weighted by molar-refractivity contribution is 7.90. The van der Waals surface area contributed by atoms with Gasteiger partial charge in [0.2, 0.25) is 11.7 Å². The van der Waals surface area contributed by atoms with Crippen molar-refractivity contribution in [3.63, 3.8) is 0 Å². The molecule has 0 unspecified atom stereocenters. The number of piperidine rings is 1. The van der Waals surface area contributed by atoms with E-state index in [0.29, 0.717) is 17.3 Å². The van der Waals surface area contributed by atoms with E-state index in [1.165, 1.54) is 11.1 Å². The second-order valence-corrected chi connectivity index (χ2v) is 10.8. The summed E-state index contributed by atoms with van der Waals surface area (Å²) in [5, 5.41) is 4.07. The summed E-state index contributed by atoms with van der Waals surface area (Å²) in [6.07, 6.45) is 3.08. The Balaban J connectivity index is 1.41. The van der Waals surface area contributed by atoms with Gasteiger partial charge in [-0.25, -0.2) is 8.42 Å². The van der Waals surface area contributed by atoms with E-state index in [2.05, 4.69) is 21.1 Å². The third kappa shape index (κ3) is 4.46. The van der Waals surface area contributed by atoms with Crippen molar-refractivity contribution in [1.82, 2.24) is 15.0 Å². The molecule has 28 heavy (non-hydrogen) atoms. The van der Waals surface area contributed by atoms with Crippen LogP contribution in [-0.4, -0.2) is 42.8 Å². The molecule has 0 N–H and O–H groups in total. The lowest BCUT2D eigenvalue weighted by atomic mass is 9.97. The van der Waals surface area contributed by atoms with Crippen molar-refractivity contribution >= 4 is 32.8 Å². The number of aromatic nitrogens is 2. The smallest absolute Gasteiger partial charge is 0.230 e. The largest absolute Gasteiger partial charge is 0.339 e. The van der Waals surface area contributed by atoms with Crippen LogP contribution in [-0.2, 0) is 16.4 Å². The van der Waals surface area contributed by atoms with Crippen LogP contribution in [0.25, 0.3) is 11.4 Å². The molecule has 0 aliphatic carbocycles. The summed E-state index contributed by atoms with van der Waals surface area (Å²) >= 11 is 7.63. The summed E-state index contributed by atoms with van der Waals surface area (Å²) in [6, 6.07) is 10.6. The topological polar surface area (TPSA) is 76.3 Å². The van der Waals surface area contributed by atoms with Crippen LogP contribution in [0.2, 0.25) is 4.34 Å². The van der Waals surface area contributed by atoms with E-state index >= 15 is 0 Å². The predicted octanol–water partition coefficient (Wildman–Crippen LogP) is 4.23. The van der Waals surface area contributed by atoms with Gasteiger partial charge >= 0.3 is 0 Å². The van der Waals surface area contributed by atoms with E-state index in [-0.39, 0.29) is 10.8 Å². The van der Waals surface area contributed by atoms with Crippen molar-refractivity contribution in [2.24, 2.45) is 0 Å². The predicted molar refractivity (Wildman–Crippen MR) is 109 cm³/mol. The maximum atomic E-state index is 11.8. The highest BCUT2D eigenvalue weighted by Crippen LogP contribution is 2.30. The molecule has 0 spiro atoms. The molecule has 0 atom stereocenters. The molecule has 1 aromatic carbocycles. The molecule has 1 aliphatic heterocycles.